The molecule has 1 aliphatic heterocycles. The van der Waals surface area contributed by atoms with Gasteiger partial charge in [0, 0.05) is 28.6 Å². The quantitative estimate of drug-likeness (QED) is 0.521. The second-order valence-corrected chi connectivity index (χ2v) is 10.4. The molecule has 2 aromatic carbocycles. The van der Waals surface area contributed by atoms with E-state index in [9.17, 15) is 14.9 Å². The van der Waals surface area contributed by atoms with Gasteiger partial charge < -0.3 is 25.3 Å². The van der Waals surface area contributed by atoms with Crippen molar-refractivity contribution in [1.82, 2.24) is 0 Å². The van der Waals surface area contributed by atoms with Crippen molar-refractivity contribution >= 4 is 33.3 Å². The van der Waals surface area contributed by atoms with E-state index in [4.69, 9.17) is 19.9 Å². The lowest BCUT2D eigenvalue weighted by molar-refractivity contribution is -0.119. The number of nitrogens with one attached hydrogen (secondary N) is 1. The van der Waals surface area contributed by atoms with Crippen LogP contribution in [-0.4, -0.2) is 25.4 Å². The summed E-state index contributed by atoms with van der Waals surface area (Å²) >= 11 is 3.35. The lowest BCUT2D eigenvalue weighted by Gasteiger charge is -2.37. The molecule has 9 heteroatoms. The minimum absolute atomic E-state index is 0.00402. The van der Waals surface area contributed by atoms with Crippen LogP contribution >= 0.6 is 15.9 Å². The Balaban J connectivity index is 1.59. The first-order valence-electron chi connectivity index (χ1n) is 11.3. The molecule has 2 aromatic rings. The lowest BCUT2D eigenvalue weighted by Crippen LogP contribution is -2.33. The summed E-state index contributed by atoms with van der Waals surface area (Å²) in [7, 11) is 1.48. The maximum atomic E-state index is 13.1. The van der Waals surface area contributed by atoms with Crippen LogP contribution in [0, 0.1) is 16.7 Å². The predicted octanol–water partition coefficient (Wildman–Crippen LogP) is 4.93. The van der Waals surface area contributed by atoms with Gasteiger partial charge >= 0.3 is 0 Å². The van der Waals surface area contributed by atoms with Crippen LogP contribution in [0.3, 0.4) is 0 Å². The molecule has 0 bridgehead atoms. The van der Waals surface area contributed by atoms with E-state index in [1.165, 1.54) is 7.11 Å². The van der Waals surface area contributed by atoms with Crippen LogP contribution in [0.15, 0.2) is 69.7 Å². The molecule has 1 atom stereocenters. The Morgan fingerprint density at radius 1 is 1.22 bits per heavy atom. The van der Waals surface area contributed by atoms with Gasteiger partial charge in [0.2, 0.25) is 5.88 Å². The van der Waals surface area contributed by atoms with Gasteiger partial charge in [-0.2, -0.15) is 5.26 Å². The first-order valence-corrected chi connectivity index (χ1v) is 12.1. The van der Waals surface area contributed by atoms with E-state index in [2.05, 4.69) is 27.3 Å². The van der Waals surface area contributed by atoms with Crippen molar-refractivity contribution < 1.29 is 23.8 Å². The Bertz CT molecular complexity index is 1320. The topological polar surface area (TPSA) is 124 Å². The van der Waals surface area contributed by atoms with Gasteiger partial charge in [0.15, 0.2) is 23.9 Å². The SMILES string of the molecule is COc1cc(C2C(C#N)=C(N)OC3=C2C(=O)CC(C)(C)C3)ccc1OCC(=O)Nc1ccc(Br)cc1. The Morgan fingerprint density at radius 3 is 2.61 bits per heavy atom. The number of rotatable bonds is 6. The van der Waals surface area contributed by atoms with Crippen molar-refractivity contribution in [2.75, 3.05) is 19.0 Å². The molecule has 1 unspecified atom stereocenters. The predicted molar refractivity (Wildman–Crippen MR) is 137 cm³/mol. The van der Waals surface area contributed by atoms with Gasteiger partial charge in [-0.05, 0) is 47.4 Å². The average Bonchev–Trinajstić information content (AvgIpc) is 2.82. The zero-order valence-corrected chi connectivity index (χ0v) is 21.8. The molecule has 0 saturated carbocycles. The van der Waals surface area contributed by atoms with E-state index in [0.717, 1.165) is 4.47 Å². The highest BCUT2D eigenvalue weighted by atomic mass is 79.9. The molecule has 0 radical (unpaired) electrons. The number of Topliss-reactive ketones (excluding diaryl/α,β-unsaturated/α-hetero) is 1. The van der Waals surface area contributed by atoms with E-state index in [1.807, 2.05) is 26.0 Å². The molecule has 186 valence electrons. The summed E-state index contributed by atoms with van der Waals surface area (Å²) in [5, 5.41) is 12.6. The third kappa shape index (κ3) is 5.24. The largest absolute Gasteiger partial charge is 0.493 e. The Kier molecular flexibility index (Phi) is 7.09. The van der Waals surface area contributed by atoms with Gasteiger partial charge in [0.25, 0.3) is 5.91 Å². The molecule has 1 amide bonds. The van der Waals surface area contributed by atoms with Crippen LogP contribution in [0.2, 0.25) is 0 Å². The molecule has 1 aliphatic carbocycles. The van der Waals surface area contributed by atoms with E-state index in [-0.39, 0.29) is 35.2 Å². The Morgan fingerprint density at radius 2 is 1.94 bits per heavy atom. The molecule has 0 aromatic heterocycles. The summed E-state index contributed by atoms with van der Waals surface area (Å²) in [6, 6.07) is 14.4. The average molecular weight is 552 g/mol. The number of carbonyl (C=O) groups excluding carboxylic acids is 2. The molecule has 0 spiro atoms. The number of ketones is 1. The number of methoxy groups -OCH3 is 1. The second kappa shape index (κ2) is 10.1. The molecule has 0 fully saturated rings. The summed E-state index contributed by atoms with van der Waals surface area (Å²) < 4.78 is 17.9. The van der Waals surface area contributed by atoms with Crippen molar-refractivity contribution in [3.05, 3.63) is 75.3 Å². The molecule has 1 heterocycles. The van der Waals surface area contributed by atoms with Crippen LogP contribution in [-0.2, 0) is 14.3 Å². The molecule has 36 heavy (non-hydrogen) atoms. The van der Waals surface area contributed by atoms with E-state index >= 15 is 0 Å². The second-order valence-electron chi connectivity index (χ2n) is 9.46. The summed E-state index contributed by atoms with van der Waals surface area (Å²) in [6.45, 7) is 3.76. The number of nitriles is 1. The summed E-state index contributed by atoms with van der Waals surface area (Å²) in [5.41, 5.74) is 7.74. The van der Waals surface area contributed by atoms with Crippen LogP contribution in [0.4, 0.5) is 5.69 Å². The number of nitrogens with zero attached hydrogens (tertiary/aromatic N) is 1. The molecular formula is C27H26BrN3O5. The number of nitrogens with two attached hydrogens (primary N) is 1. The third-order valence-corrected chi connectivity index (χ3v) is 6.61. The first kappa shape index (κ1) is 25.3. The molecule has 8 nitrogen and oxygen atoms in total. The lowest BCUT2D eigenvalue weighted by atomic mass is 9.70. The number of ether oxygens (including phenoxy) is 3. The van der Waals surface area contributed by atoms with Gasteiger partial charge in [-0.3, -0.25) is 9.59 Å². The Labute approximate surface area is 217 Å². The van der Waals surface area contributed by atoms with Crippen LogP contribution in [0.25, 0.3) is 0 Å². The number of hydrogen-bond donors (Lipinski definition) is 2. The zero-order valence-electron chi connectivity index (χ0n) is 20.2. The first-order chi connectivity index (χ1) is 17.1. The standard InChI is InChI=1S/C27H26BrN3O5/c1-27(2)11-19(32)25-22(12-27)36-26(30)18(13-29)24(25)15-4-9-20(21(10-15)34-3)35-14-23(33)31-17-7-5-16(28)6-8-17/h4-10,24H,11-12,14,30H2,1-3H3,(H,31,33). The van der Waals surface area contributed by atoms with Gasteiger partial charge in [0.05, 0.1) is 13.0 Å². The smallest absolute Gasteiger partial charge is 0.262 e. The van der Waals surface area contributed by atoms with Crippen molar-refractivity contribution in [2.24, 2.45) is 11.1 Å². The van der Waals surface area contributed by atoms with Crippen LogP contribution in [0.1, 0.15) is 38.2 Å². The van der Waals surface area contributed by atoms with Gasteiger partial charge in [-0.25, -0.2) is 0 Å². The zero-order chi connectivity index (χ0) is 26.0. The molecule has 0 saturated heterocycles. The third-order valence-electron chi connectivity index (χ3n) is 6.08. The summed E-state index contributed by atoms with van der Waals surface area (Å²) in [4.78, 5) is 25.5. The molecule has 4 rings (SSSR count). The monoisotopic (exact) mass is 551 g/mol. The van der Waals surface area contributed by atoms with Crippen LogP contribution < -0.4 is 20.5 Å². The fourth-order valence-corrected chi connectivity index (χ4v) is 4.74. The van der Waals surface area contributed by atoms with E-state index in [1.54, 1.807) is 30.3 Å². The summed E-state index contributed by atoms with van der Waals surface area (Å²) in [6.07, 6.45) is 0.881. The number of anilines is 1. The maximum absolute atomic E-state index is 13.1. The summed E-state index contributed by atoms with van der Waals surface area (Å²) in [5.74, 6) is 0.122. The van der Waals surface area contributed by atoms with E-state index < -0.39 is 5.92 Å². The maximum Gasteiger partial charge on any atom is 0.262 e. The minimum Gasteiger partial charge on any atom is -0.493 e. The number of allylic oxidation sites excluding steroid dienone is 3. The van der Waals surface area contributed by atoms with Crippen molar-refractivity contribution in [2.45, 2.75) is 32.6 Å². The van der Waals surface area contributed by atoms with Gasteiger partial charge in [0.1, 0.15) is 17.4 Å². The fraction of sp³-hybridized carbons (Fsp3) is 0.296. The Hall–Kier alpha value is -3.77. The normalized spacial score (nSPS) is 18.6. The van der Waals surface area contributed by atoms with Crippen molar-refractivity contribution in [3.8, 4) is 17.6 Å². The highest BCUT2D eigenvalue weighted by Gasteiger charge is 2.43. The van der Waals surface area contributed by atoms with Crippen molar-refractivity contribution in [1.29, 1.82) is 5.26 Å². The fourth-order valence-electron chi connectivity index (χ4n) is 4.47. The molecular weight excluding hydrogens is 526 g/mol. The van der Waals surface area contributed by atoms with E-state index in [0.29, 0.717) is 46.9 Å². The van der Waals surface area contributed by atoms with Crippen LogP contribution in [0.5, 0.6) is 11.5 Å². The highest BCUT2D eigenvalue weighted by molar-refractivity contribution is 9.10. The van der Waals surface area contributed by atoms with Gasteiger partial charge in [-0.15, -0.1) is 0 Å². The number of carbonyl (C=O) groups is 2. The number of hydrogen-bond acceptors (Lipinski definition) is 7. The number of halogens is 1. The number of benzene rings is 2. The number of amides is 1. The van der Waals surface area contributed by atoms with Gasteiger partial charge in [-0.1, -0.05) is 35.8 Å². The minimum atomic E-state index is -0.675. The molecule has 3 N–H and O–H groups in total. The molecule has 2 aliphatic rings. The highest BCUT2D eigenvalue weighted by Crippen LogP contribution is 2.48. The van der Waals surface area contributed by atoms with Crippen molar-refractivity contribution in [3.63, 3.8) is 0 Å².